The summed E-state index contributed by atoms with van der Waals surface area (Å²) in [7, 11) is 0. The van der Waals surface area contributed by atoms with Gasteiger partial charge in [-0.15, -0.1) is 11.3 Å². The van der Waals surface area contributed by atoms with Gasteiger partial charge in [0.15, 0.2) is 0 Å². The van der Waals surface area contributed by atoms with Crippen molar-refractivity contribution in [2.75, 3.05) is 0 Å². The molecule has 1 heterocycles. The highest BCUT2D eigenvalue weighted by Crippen LogP contribution is 2.61. The normalized spacial score (nSPS) is 49.8. The fourth-order valence-corrected chi connectivity index (χ4v) is 6.15. The van der Waals surface area contributed by atoms with Gasteiger partial charge in [-0.05, 0) is 61.8 Å². The molecule has 0 radical (unpaired) electrons. The summed E-state index contributed by atoms with van der Waals surface area (Å²) in [6, 6.07) is 4.56. The summed E-state index contributed by atoms with van der Waals surface area (Å²) < 4.78 is 0. The van der Waals surface area contributed by atoms with E-state index >= 15 is 0 Å². The van der Waals surface area contributed by atoms with Crippen molar-refractivity contribution in [1.29, 1.82) is 0 Å². The lowest BCUT2D eigenvalue weighted by Crippen LogP contribution is -2.61. The van der Waals surface area contributed by atoms with Crippen LogP contribution < -0.4 is 5.73 Å². The SMILES string of the molecule is NC12CC3CC(C1)CC(c1cccs1)(C3)C2. The number of thiophene rings is 1. The van der Waals surface area contributed by atoms with Crippen LogP contribution in [0, 0.1) is 11.8 Å². The van der Waals surface area contributed by atoms with Gasteiger partial charge in [-0.25, -0.2) is 0 Å². The van der Waals surface area contributed by atoms with Gasteiger partial charge in [0.1, 0.15) is 0 Å². The highest BCUT2D eigenvalue weighted by Gasteiger charge is 2.57. The Labute approximate surface area is 101 Å². The summed E-state index contributed by atoms with van der Waals surface area (Å²) in [5.41, 5.74) is 7.28. The second-order valence-corrected chi connectivity index (χ2v) is 7.53. The van der Waals surface area contributed by atoms with Crippen molar-refractivity contribution < 1.29 is 0 Å². The zero-order chi connectivity index (χ0) is 10.8. The van der Waals surface area contributed by atoms with Crippen molar-refractivity contribution >= 4 is 11.3 Å². The van der Waals surface area contributed by atoms with E-state index in [-0.39, 0.29) is 5.54 Å². The Hall–Kier alpha value is -0.340. The van der Waals surface area contributed by atoms with Crippen molar-refractivity contribution in [3.05, 3.63) is 22.4 Å². The summed E-state index contributed by atoms with van der Waals surface area (Å²) in [6.45, 7) is 0. The first-order valence-corrected chi connectivity index (χ1v) is 7.38. The van der Waals surface area contributed by atoms with Gasteiger partial charge in [0, 0.05) is 15.8 Å². The average molecular weight is 233 g/mol. The number of rotatable bonds is 1. The lowest BCUT2D eigenvalue weighted by atomic mass is 9.47. The van der Waals surface area contributed by atoms with Crippen molar-refractivity contribution in [2.24, 2.45) is 17.6 Å². The van der Waals surface area contributed by atoms with Gasteiger partial charge in [0.25, 0.3) is 0 Å². The van der Waals surface area contributed by atoms with E-state index < -0.39 is 0 Å². The van der Waals surface area contributed by atoms with E-state index in [4.69, 9.17) is 5.73 Å². The molecule has 0 amide bonds. The molecule has 4 aliphatic carbocycles. The molecule has 2 N–H and O–H groups in total. The lowest BCUT2D eigenvalue weighted by Gasteiger charge is -2.60. The predicted molar refractivity (Wildman–Crippen MR) is 67.6 cm³/mol. The summed E-state index contributed by atoms with van der Waals surface area (Å²) in [5, 5.41) is 2.23. The Balaban J connectivity index is 1.80. The van der Waals surface area contributed by atoms with Gasteiger partial charge < -0.3 is 5.73 Å². The Bertz CT molecular complexity index is 394. The minimum Gasteiger partial charge on any atom is -0.325 e. The van der Waals surface area contributed by atoms with Crippen LogP contribution in [0.1, 0.15) is 43.4 Å². The van der Waals surface area contributed by atoms with Crippen LogP contribution in [0.5, 0.6) is 0 Å². The molecule has 4 fully saturated rings. The highest BCUT2D eigenvalue weighted by molar-refractivity contribution is 7.10. The first kappa shape index (κ1) is 9.67. The van der Waals surface area contributed by atoms with E-state index in [1.54, 1.807) is 4.88 Å². The standard InChI is InChI=1S/C14H19NS/c15-14-7-10-4-11(8-14)6-13(5-10,9-14)12-2-1-3-16-12/h1-3,10-11H,4-9,15H2. The van der Waals surface area contributed by atoms with Crippen molar-refractivity contribution in [3.63, 3.8) is 0 Å². The summed E-state index contributed by atoms with van der Waals surface area (Å²) in [6.07, 6.45) is 8.17. The molecule has 2 atom stereocenters. The molecule has 0 spiro atoms. The minimum atomic E-state index is 0.189. The molecule has 2 unspecified atom stereocenters. The molecule has 5 rings (SSSR count). The van der Waals surface area contributed by atoms with Crippen molar-refractivity contribution in [3.8, 4) is 0 Å². The molecule has 4 bridgehead atoms. The molecule has 1 nitrogen and oxygen atoms in total. The molecule has 1 aromatic rings. The summed E-state index contributed by atoms with van der Waals surface area (Å²) >= 11 is 1.95. The molecule has 0 aromatic carbocycles. The average Bonchev–Trinajstić information content (AvgIpc) is 2.65. The Morgan fingerprint density at radius 2 is 1.94 bits per heavy atom. The molecular formula is C14H19NS. The van der Waals surface area contributed by atoms with Gasteiger partial charge in [-0.3, -0.25) is 0 Å². The Kier molecular flexibility index (Phi) is 1.76. The van der Waals surface area contributed by atoms with Crippen LogP contribution in [0.25, 0.3) is 0 Å². The Morgan fingerprint density at radius 1 is 1.19 bits per heavy atom. The maximum absolute atomic E-state index is 6.62. The first-order chi connectivity index (χ1) is 7.68. The van der Waals surface area contributed by atoms with E-state index in [0.29, 0.717) is 5.41 Å². The van der Waals surface area contributed by atoms with Gasteiger partial charge in [0.2, 0.25) is 0 Å². The van der Waals surface area contributed by atoms with Gasteiger partial charge >= 0.3 is 0 Å². The highest BCUT2D eigenvalue weighted by atomic mass is 32.1. The number of hydrogen-bond donors (Lipinski definition) is 1. The van der Waals surface area contributed by atoms with Gasteiger partial charge in [-0.2, -0.15) is 0 Å². The summed E-state index contributed by atoms with van der Waals surface area (Å²) in [4.78, 5) is 1.62. The Morgan fingerprint density at radius 3 is 2.50 bits per heavy atom. The third-order valence-electron chi connectivity index (χ3n) is 5.15. The van der Waals surface area contributed by atoms with Gasteiger partial charge in [0.05, 0.1) is 0 Å². The molecular weight excluding hydrogens is 214 g/mol. The maximum Gasteiger partial charge on any atom is 0.0168 e. The molecule has 86 valence electrons. The van der Waals surface area contributed by atoms with E-state index in [2.05, 4.69) is 17.5 Å². The maximum atomic E-state index is 6.62. The zero-order valence-corrected chi connectivity index (χ0v) is 10.4. The van der Waals surface area contributed by atoms with E-state index in [1.807, 2.05) is 11.3 Å². The second kappa shape index (κ2) is 2.91. The largest absolute Gasteiger partial charge is 0.325 e. The second-order valence-electron chi connectivity index (χ2n) is 6.58. The van der Waals surface area contributed by atoms with E-state index in [0.717, 1.165) is 11.8 Å². The van der Waals surface area contributed by atoms with E-state index in [9.17, 15) is 0 Å². The lowest BCUT2D eigenvalue weighted by molar-refractivity contribution is -0.0211. The molecule has 2 heteroatoms. The van der Waals surface area contributed by atoms with Crippen LogP contribution >= 0.6 is 11.3 Å². The molecule has 1 aromatic heterocycles. The topological polar surface area (TPSA) is 26.0 Å². The van der Waals surface area contributed by atoms with Crippen LogP contribution in [0.4, 0.5) is 0 Å². The third kappa shape index (κ3) is 1.20. The predicted octanol–water partition coefficient (Wildman–Crippen LogP) is 3.30. The minimum absolute atomic E-state index is 0.189. The summed E-state index contributed by atoms with van der Waals surface area (Å²) in [5.74, 6) is 1.85. The van der Waals surface area contributed by atoms with Gasteiger partial charge in [-0.1, -0.05) is 6.07 Å². The molecule has 4 saturated carbocycles. The molecule has 0 saturated heterocycles. The quantitative estimate of drug-likeness (QED) is 0.791. The van der Waals surface area contributed by atoms with E-state index in [1.165, 1.54) is 38.5 Å². The number of hydrogen-bond acceptors (Lipinski definition) is 2. The fourth-order valence-electron chi connectivity index (χ4n) is 5.20. The van der Waals surface area contributed by atoms with Crippen LogP contribution in [-0.4, -0.2) is 5.54 Å². The van der Waals surface area contributed by atoms with Crippen LogP contribution in [-0.2, 0) is 5.41 Å². The van der Waals surface area contributed by atoms with Crippen LogP contribution in [0.15, 0.2) is 17.5 Å². The zero-order valence-electron chi connectivity index (χ0n) is 9.61. The molecule has 0 aliphatic heterocycles. The van der Waals surface area contributed by atoms with Crippen LogP contribution in [0.2, 0.25) is 0 Å². The third-order valence-corrected chi connectivity index (χ3v) is 6.27. The van der Waals surface area contributed by atoms with Crippen molar-refractivity contribution in [1.82, 2.24) is 0 Å². The number of nitrogens with two attached hydrogens (primary N) is 1. The smallest absolute Gasteiger partial charge is 0.0168 e. The fraction of sp³-hybridized carbons (Fsp3) is 0.714. The molecule has 16 heavy (non-hydrogen) atoms. The first-order valence-electron chi connectivity index (χ1n) is 6.50. The van der Waals surface area contributed by atoms with Crippen molar-refractivity contribution in [2.45, 2.75) is 49.5 Å². The monoisotopic (exact) mass is 233 g/mol. The molecule has 4 aliphatic rings. The van der Waals surface area contributed by atoms with Crippen LogP contribution in [0.3, 0.4) is 0 Å².